The van der Waals surface area contributed by atoms with Crippen molar-refractivity contribution in [3.8, 4) is 5.75 Å². The summed E-state index contributed by atoms with van der Waals surface area (Å²) in [6, 6.07) is 5.62. The van der Waals surface area contributed by atoms with Crippen molar-refractivity contribution >= 4 is 21.6 Å². The van der Waals surface area contributed by atoms with Crippen molar-refractivity contribution < 1.29 is 9.84 Å². The molecule has 3 nitrogen and oxygen atoms in total. The van der Waals surface area contributed by atoms with Gasteiger partial charge in [-0.05, 0) is 37.5 Å². The third kappa shape index (κ3) is 4.86. The van der Waals surface area contributed by atoms with Crippen LogP contribution in [0.4, 0.5) is 5.69 Å². The summed E-state index contributed by atoms with van der Waals surface area (Å²) in [5, 5.41) is 8.61. The number of hydrogen-bond acceptors (Lipinski definition) is 3. The zero-order valence-electron chi connectivity index (χ0n) is 9.29. The Bertz CT molecular complexity index is 318. The van der Waals surface area contributed by atoms with Crippen molar-refractivity contribution in [2.75, 3.05) is 18.9 Å². The van der Waals surface area contributed by atoms with Crippen LogP contribution >= 0.6 is 15.9 Å². The molecular formula is C12H18BrNO2. The zero-order valence-corrected chi connectivity index (χ0v) is 10.9. The summed E-state index contributed by atoms with van der Waals surface area (Å²) < 4.78 is 6.52. The Morgan fingerprint density at radius 1 is 1.19 bits per heavy atom. The molecule has 0 saturated carbocycles. The molecule has 0 bridgehead atoms. The van der Waals surface area contributed by atoms with Crippen LogP contribution < -0.4 is 10.5 Å². The number of aliphatic hydroxyl groups excluding tert-OH is 1. The second kappa shape index (κ2) is 7.52. The van der Waals surface area contributed by atoms with Crippen LogP contribution in [0, 0.1) is 0 Å². The molecule has 1 rings (SSSR count). The van der Waals surface area contributed by atoms with E-state index in [1.54, 1.807) is 0 Å². The number of benzene rings is 1. The van der Waals surface area contributed by atoms with E-state index in [2.05, 4.69) is 15.9 Å². The molecule has 0 aliphatic heterocycles. The lowest BCUT2D eigenvalue weighted by atomic mass is 10.2. The van der Waals surface area contributed by atoms with Gasteiger partial charge >= 0.3 is 0 Å². The monoisotopic (exact) mass is 287 g/mol. The SMILES string of the molecule is Nc1cc(Br)ccc1OCCCCCCO. The number of unbranched alkanes of at least 4 members (excludes halogenated alkanes) is 3. The van der Waals surface area contributed by atoms with Gasteiger partial charge in [0.05, 0.1) is 12.3 Å². The average Bonchev–Trinajstić information content (AvgIpc) is 2.26. The number of rotatable bonds is 7. The van der Waals surface area contributed by atoms with Crippen LogP contribution in [0.15, 0.2) is 22.7 Å². The zero-order chi connectivity index (χ0) is 11.8. The van der Waals surface area contributed by atoms with Crippen LogP contribution in [0.3, 0.4) is 0 Å². The van der Waals surface area contributed by atoms with Gasteiger partial charge in [-0.25, -0.2) is 0 Å². The van der Waals surface area contributed by atoms with Crippen molar-refractivity contribution in [2.24, 2.45) is 0 Å². The molecule has 4 heteroatoms. The van der Waals surface area contributed by atoms with Crippen molar-refractivity contribution in [3.05, 3.63) is 22.7 Å². The van der Waals surface area contributed by atoms with Gasteiger partial charge in [0.25, 0.3) is 0 Å². The fraction of sp³-hybridized carbons (Fsp3) is 0.500. The van der Waals surface area contributed by atoms with Crippen LogP contribution in [0.25, 0.3) is 0 Å². The van der Waals surface area contributed by atoms with E-state index < -0.39 is 0 Å². The van der Waals surface area contributed by atoms with Crippen molar-refractivity contribution in [3.63, 3.8) is 0 Å². The van der Waals surface area contributed by atoms with Crippen LogP contribution in [-0.4, -0.2) is 18.3 Å². The highest BCUT2D eigenvalue weighted by Crippen LogP contribution is 2.25. The van der Waals surface area contributed by atoms with E-state index in [1.807, 2.05) is 18.2 Å². The largest absolute Gasteiger partial charge is 0.491 e. The maximum absolute atomic E-state index is 8.61. The number of aliphatic hydroxyl groups is 1. The van der Waals surface area contributed by atoms with Gasteiger partial charge in [0.15, 0.2) is 0 Å². The maximum Gasteiger partial charge on any atom is 0.142 e. The predicted molar refractivity (Wildman–Crippen MR) is 69.6 cm³/mol. The Hall–Kier alpha value is -0.740. The van der Waals surface area contributed by atoms with Crippen molar-refractivity contribution in [2.45, 2.75) is 25.7 Å². The van der Waals surface area contributed by atoms with Crippen LogP contribution in [0.1, 0.15) is 25.7 Å². The van der Waals surface area contributed by atoms with Gasteiger partial charge in [0.2, 0.25) is 0 Å². The van der Waals surface area contributed by atoms with E-state index in [4.69, 9.17) is 15.6 Å². The number of hydrogen-bond donors (Lipinski definition) is 2. The minimum absolute atomic E-state index is 0.278. The van der Waals surface area contributed by atoms with Crippen LogP contribution in [-0.2, 0) is 0 Å². The highest BCUT2D eigenvalue weighted by molar-refractivity contribution is 9.10. The first-order chi connectivity index (χ1) is 7.74. The van der Waals surface area contributed by atoms with E-state index in [0.717, 1.165) is 35.9 Å². The van der Waals surface area contributed by atoms with E-state index >= 15 is 0 Å². The van der Waals surface area contributed by atoms with E-state index in [-0.39, 0.29) is 6.61 Å². The molecule has 0 unspecified atom stereocenters. The molecule has 0 aliphatic carbocycles. The fourth-order valence-corrected chi connectivity index (χ4v) is 1.78. The molecule has 3 N–H and O–H groups in total. The lowest BCUT2D eigenvalue weighted by molar-refractivity contribution is 0.274. The molecule has 0 atom stereocenters. The second-order valence-electron chi connectivity index (χ2n) is 3.67. The van der Waals surface area contributed by atoms with Crippen molar-refractivity contribution in [1.82, 2.24) is 0 Å². The Morgan fingerprint density at radius 3 is 2.62 bits per heavy atom. The maximum atomic E-state index is 8.61. The number of ether oxygens (including phenoxy) is 1. The predicted octanol–water partition coefficient (Wildman–Crippen LogP) is 2.96. The Balaban J connectivity index is 2.21. The number of nitrogens with two attached hydrogens (primary N) is 1. The van der Waals surface area contributed by atoms with E-state index in [0.29, 0.717) is 12.3 Å². The van der Waals surface area contributed by atoms with Crippen LogP contribution in [0.5, 0.6) is 5.75 Å². The number of nitrogen functional groups attached to an aromatic ring is 1. The lowest BCUT2D eigenvalue weighted by Crippen LogP contribution is -2.00. The molecule has 0 saturated heterocycles. The highest BCUT2D eigenvalue weighted by Gasteiger charge is 2.00. The molecule has 0 amide bonds. The summed E-state index contributed by atoms with van der Waals surface area (Å²) in [6.07, 6.45) is 4.00. The van der Waals surface area contributed by atoms with Crippen molar-refractivity contribution in [1.29, 1.82) is 0 Å². The molecule has 1 aromatic carbocycles. The van der Waals surface area contributed by atoms with Gasteiger partial charge in [-0.3, -0.25) is 0 Å². The topological polar surface area (TPSA) is 55.5 Å². The summed E-state index contributed by atoms with van der Waals surface area (Å²) >= 11 is 3.35. The first-order valence-corrected chi connectivity index (χ1v) is 6.32. The summed E-state index contributed by atoms with van der Waals surface area (Å²) in [4.78, 5) is 0. The molecule has 0 heterocycles. The summed E-state index contributed by atoms with van der Waals surface area (Å²) in [5.74, 6) is 0.741. The average molecular weight is 288 g/mol. The Labute approximate surface area is 105 Å². The van der Waals surface area contributed by atoms with Gasteiger partial charge in [0, 0.05) is 11.1 Å². The molecular weight excluding hydrogens is 270 g/mol. The van der Waals surface area contributed by atoms with Crippen LogP contribution in [0.2, 0.25) is 0 Å². The summed E-state index contributed by atoms with van der Waals surface area (Å²) in [7, 11) is 0. The number of anilines is 1. The third-order valence-electron chi connectivity index (χ3n) is 2.28. The normalized spacial score (nSPS) is 10.4. The molecule has 0 radical (unpaired) electrons. The lowest BCUT2D eigenvalue weighted by Gasteiger charge is -2.08. The minimum Gasteiger partial charge on any atom is -0.491 e. The standard InChI is InChI=1S/C12H18BrNO2/c13-10-5-6-12(11(14)9-10)16-8-4-2-1-3-7-15/h5-6,9,15H,1-4,7-8,14H2. The molecule has 0 aromatic heterocycles. The van der Waals surface area contributed by atoms with Gasteiger partial charge in [-0.15, -0.1) is 0 Å². The molecule has 0 fully saturated rings. The fourth-order valence-electron chi connectivity index (χ4n) is 1.40. The quantitative estimate of drug-likeness (QED) is 0.599. The molecule has 90 valence electrons. The third-order valence-corrected chi connectivity index (χ3v) is 2.78. The molecule has 0 aliphatic rings. The second-order valence-corrected chi connectivity index (χ2v) is 4.58. The first kappa shape index (κ1) is 13.3. The van der Waals surface area contributed by atoms with Gasteiger partial charge < -0.3 is 15.6 Å². The number of halogens is 1. The Morgan fingerprint density at radius 2 is 1.94 bits per heavy atom. The van der Waals surface area contributed by atoms with Gasteiger partial charge in [0.1, 0.15) is 5.75 Å². The van der Waals surface area contributed by atoms with E-state index in [1.165, 1.54) is 0 Å². The van der Waals surface area contributed by atoms with Gasteiger partial charge in [-0.1, -0.05) is 22.4 Å². The summed E-state index contributed by atoms with van der Waals surface area (Å²) in [5.41, 5.74) is 6.45. The highest BCUT2D eigenvalue weighted by atomic mass is 79.9. The first-order valence-electron chi connectivity index (χ1n) is 5.52. The van der Waals surface area contributed by atoms with Gasteiger partial charge in [-0.2, -0.15) is 0 Å². The Kier molecular flexibility index (Phi) is 6.26. The molecule has 0 spiro atoms. The minimum atomic E-state index is 0.278. The summed E-state index contributed by atoms with van der Waals surface area (Å²) in [6.45, 7) is 0.956. The van der Waals surface area contributed by atoms with E-state index in [9.17, 15) is 0 Å². The molecule has 1 aromatic rings. The smallest absolute Gasteiger partial charge is 0.142 e. The molecule has 16 heavy (non-hydrogen) atoms.